The predicted octanol–water partition coefficient (Wildman–Crippen LogP) is 2.44. The van der Waals surface area contributed by atoms with Crippen molar-refractivity contribution in [2.24, 2.45) is 22.4 Å². The van der Waals surface area contributed by atoms with Gasteiger partial charge in [-0.2, -0.15) is 0 Å². The number of hydrogen-bond acceptors (Lipinski definition) is 5. The summed E-state index contributed by atoms with van der Waals surface area (Å²) in [6, 6.07) is 5.55. The smallest absolute Gasteiger partial charge is 0.408 e. The number of nitrogens with zero attached hydrogens (tertiary/aromatic N) is 1. The Balaban J connectivity index is 2.79. The van der Waals surface area contributed by atoms with Crippen LogP contribution >= 0.6 is 0 Å². The van der Waals surface area contributed by atoms with E-state index in [2.05, 4.69) is 10.3 Å². The van der Waals surface area contributed by atoms with E-state index in [1.807, 2.05) is 13.8 Å². The summed E-state index contributed by atoms with van der Waals surface area (Å²) < 4.78 is 10.6. The van der Waals surface area contributed by atoms with Crippen LogP contribution in [0.1, 0.15) is 41.0 Å². The zero-order valence-corrected chi connectivity index (χ0v) is 15.9. The third-order valence-corrected chi connectivity index (χ3v) is 3.00. The van der Waals surface area contributed by atoms with Crippen molar-refractivity contribution < 1.29 is 19.1 Å². The highest BCUT2D eigenvalue weighted by Gasteiger charge is 2.26. The predicted molar refractivity (Wildman–Crippen MR) is 100 cm³/mol. The number of alkyl carbamates (subject to hydrolysis) is 1. The molecule has 1 aromatic carbocycles. The molecule has 0 saturated carbocycles. The highest BCUT2D eigenvalue weighted by atomic mass is 16.6. The van der Waals surface area contributed by atoms with Crippen LogP contribution in [-0.4, -0.2) is 29.7 Å². The normalized spacial score (nSPS) is 12.2. The standard InChI is InChI=1S/C18H28N4O4/c1-11(2)10-14(22-17(24)26-18(3,4)5)15(23)25-13-8-6-12(7-9-13)21-16(19)20/h6-9,11,14H,10H2,1-5H3,(H,22,24)(H4,19,20,21)/t14-/m0/s1. The first-order chi connectivity index (χ1) is 12.0. The zero-order valence-electron chi connectivity index (χ0n) is 15.9. The SMILES string of the molecule is CC(C)C[C@H](NC(=O)OC(C)(C)C)C(=O)Oc1ccc(N=C(N)N)cc1. The highest BCUT2D eigenvalue weighted by molar-refractivity contribution is 5.83. The van der Waals surface area contributed by atoms with Crippen LogP contribution in [-0.2, 0) is 9.53 Å². The van der Waals surface area contributed by atoms with E-state index in [1.165, 1.54) is 0 Å². The Morgan fingerprint density at radius 3 is 2.19 bits per heavy atom. The van der Waals surface area contributed by atoms with Crippen LogP contribution in [0.15, 0.2) is 29.3 Å². The molecule has 8 nitrogen and oxygen atoms in total. The molecule has 0 aromatic heterocycles. The average Bonchev–Trinajstić information content (AvgIpc) is 2.45. The summed E-state index contributed by atoms with van der Waals surface area (Å²) in [4.78, 5) is 28.3. The first-order valence-corrected chi connectivity index (χ1v) is 8.37. The molecule has 0 bridgehead atoms. The van der Waals surface area contributed by atoms with Crippen LogP contribution in [0, 0.1) is 5.92 Å². The van der Waals surface area contributed by atoms with Gasteiger partial charge < -0.3 is 26.3 Å². The lowest BCUT2D eigenvalue weighted by atomic mass is 10.0. The Hall–Kier alpha value is -2.77. The molecule has 0 radical (unpaired) electrons. The van der Waals surface area contributed by atoms with E-state index in [0.717, 1.165) is 0 Å². The molecule has 0 spiro atoms. The van der Waals surface area contributed by atoms with Gasteiger partial charge in [0.05, 0.1) is 5.69 Å². The van der Waals surface area contributed by atoms with Crippen LogP contribution in [0.5, 0.6) is 5.75 Å². The van der Waals surface area contributed by atoms with E-state index in [9.17, 15) is 9.59 Å². The molecule has 1 amide bonds. The fourth-order valence-corrected chi connectivity index (χ4v) is 2.06. The molecule has 144 valence electrons. The van der Waals surface area contributed by atoms with Crippen molar-refractivity contribution in [1.82, 2.24) is 5.32 Å². The second kappa shape index (κ2) is 9.07. The molecule has 0 aliphatic heterocycles. The quantitative estimate of drug-likeness (QED) is 0.308. The van der Waals surface area contributed by atoms with Gasteiger partial charge in [0, 0.05) is 0 Å². The molecule has 0 aliphatic rings. The number of amides is 1. The van der Waals surface area contributed by atoms with E-state index < -0.39 is 23.7 Å². The van der Waals surface area contributed by atoms with E-state index in [4.69, 9.17) is 20.9 Å². The van der Waals surface area contributed by atoms with Crippen LogP contribution in [0.2, 0.25) is 0 Å². The van der Waals surface area contributed by atoms with Gasteiger partial charge in [0.25, 0.3) is 0 Å². The molecule has 8 heteroatoms. The fraction of sp³-hybridized carbons (Fsp3) is 0.500. The van der Waals surface area contributed by atoms with Gasteiger partial charge in [0.2, 0.25) is 0 Å². The molecule has 1 atom stereocenters. The lowest BCUT2D eigenvalue weighted by Gasteiger charge is -2.23. The summed E-state index contributed by atoms with van der Waals surface area (Å²) in [6.07, 6.45) is -0.243. The molecular formula is C18H28N4O4. The Labute approximate surface area is 153 Å². The van der Waals surface area contributed by atoms with E-state index in [-0.39, 0.29) is 11.9 Å². The molecule has 1 rings (SSSR count). The first-order valence-electron chi connectivity index (χ1n) is 8.37. The molecule has 1 aromatic rings. The van der Waals surface area contributed by atoms with Crippen molar-refractivity contribution in [3.63, 3.8) is 0 Å². The fourth-order valence-electron chi connectivity index (χ4n) is 2.06. The summed E-state index contributed by atoms with van der Waals surface area (Å²) in [7, 11) is 0. The highest BCUT2D eigenvalue weighted by Crippen LogP contribution is 2.19. The maximum atomic E-state index is 12.5. The molecular weight excluding hydrogens is 336 g/mol. The monoisotopic (exact) mass is 364 g/mol. The van der Waals surface area contributed by atoms with Crippen LogP contribution in [0.3, 0.4) is 0 Å². The minimum atomic E-state index is -0.817. The first kappa shape index (κ1) is 21.3. The Bertz CT molecular complexity index is 644. The maximum absolute atomic E-state index is 12.5. The number of aliphatic imine (C=N–C) groups is 1. The second-order valence-electron chi connectivity index (χ2n) is 7.28. The number of carbonyl (C=O) groups is 2. The summed E-state index contributed by atoms with van der Waals surface area (Å²) in [6.45, 7) is 9.14. The van der Waals surface area contributed by atoms with Gasteiger partial charge in [-0.25, -0.2) is 14.6 Å². The van der Waals surface area contributed by atoms with Crippen molar-refractivity contribution in [3.05, 3.63) is 24.3 Å². The summed E-state index contributed by atoms with van der Waals surface area (Å²) in [5, 5.41) is 2.57. The number of rotatable bonds is 6. The summed E-state index contributed by atoms with van der Waals surface area (Å²) in [5.41, 5.74) is 10.5. The van der Waals surface area contributed by atoms with Gasteiger partial charge >= 0.3 is 12.1 Å². The largest absolute Gasteiger partial charge is 0.444 e. The topological polar surface area (TPSA) is 129 Å². The molecule has 0 unspecified atom stereocenters. The molecule has 0 saturated heterocycles. The Morgan fingerprint density at radius 2 is 1.73 bits per heavy atom. The van der Waals surface area contributed by atoms with Gasteiger partial charge in [0.15, 0.2) is 5.96 Å². The third-order valence-electron chi connectivity index (χ3n) is 3.00. The van der Waals surface area contributed by atoms with Crippen LogP contribution in [0.25, 0.3) is 0 Å². The number of nitrogens with one attached hydrogen (secondary N) is 1. The lowest BCUT2D eigenvalue weighted by molar-refractivity contribution is -0.137. The molecule has 26 heavy (non-hydrogen) atoms. The molecule has 0 aliphatic carbocycles. The number of benzene rings is 1. The molecule has 0 heterocycles. The van der Waals surface area contributed by atoms with Gasteiger partial charge in [0.1, 0.15) is 17.4 Å². The molecule has 0 fully saturated rings. The minimum Gasteiger partial charge on any atom is -0.444 e. The number of esters is 1. The Morgan fingerprint density at radius 1 is 1.15 bits per heavy atom. The van der Waals surface area contributed by atoms with Gasteiger partial charge in [-0.3, -0.25) is 0 Å². The molecule has 5 N–H and O–H groups in total. The number of ether oxygens (including phenoxy) is 2. The summed E-state index contributed by atoms with van der Waals surface area (Å²) >= 11 is 0. The number of hydrogen-bond donors (Lipinski definition) is 3. The van der Waals surface area contributed by atoms with E-state index in [1.54, 1.807) is 45.0 Å². The van der Waals surface area contributed by atoms with Crippen molar-refractivity contribution >= 4 is 23.7 Å². The van der Waals surface area contributed by atoms with Crippen LogP contribution in [0.4, 0.5) is 10.5 Å². The number of nitrogens with two attached hydrogens (primary N) is 2. The zero-order chi connectivity index (χ0) is 19.9. The Kier molecular flexibility index (Phi) is 7.42. The van der Waals surface area contributed by atoms with Crippen molar-refractivity contribution in [3.8, 4) is 5.75 Å². The summed E-state index contributed by atoms with van der Waals surface area (Å²) in [5.74, 6) is -0.136. The van der Waals surface area contributed by atoms with Crippen molar-refractivity contribution in [2.45, 2.75) is 52.7 Å². The maximum Gasteiger partial charge on any atom is 0.408 e. The van der Waals surface area contributed by atoms with Crippen LogP contribution < -0.4 is 21.5 Å². The number of carbonyl (C=O) groups excluding carboxylic acids is 2. The van der Waals surface area contributed by atoms with Gasteiger partial charge in [-0.05, 0) is 57.4 Å². The number of guanidine groups is 1. The minimum absolute atomic E-state index is 0.0618. The van der Waals surface area contributed by atoms with E-state index in [0.29, 0.717) is 17.9 Å². The van der Waals surface area contributed by atoms with E-state index >= 15 is 0 Å². The van der Waals surface area contributed by atoms with Crippen molar-refractivity contribution in [1.29, 1.82) is 0 Å². The third kappa shape index (κ3) is 8.36. The average molecular weight is 364 g/mol. The lowest BCUT2D eigenvalue weighted by Crippen LogP contribution is -2.45. The van der Waals surface area contributed by atoms with Gasteiger partial charge in [-0.15, -0.1) is 0 Å². The van der Waals surface area contributed by atoms with Gasteiger partial charge in [-0.1, -0.05) is 13.8 Å². The van der Waals surface area contributed by atoms with Crippen molar-refractivity contribution in [2.75, 3.05) is 0 Å². The second-order valence-corrected chi connectivity index (χ2v) is 7.28.